The van der Waals surface area contributed by atoms with Crippen LogP contribution in [-0.4, -0.2) is 47.7 Å². The van der Waals surface area contributed by atoms with Crippen LogP contribution >= 0.6 is 39.3 Å². The maximum atomic E-state index is 12.6. The minimum atomic E-state index is -0.559. The standard InChI is InChI=1S/C22H18BrClN2O6S/c1-2-31-20(28)12-32-15-6-3-13(4-7-15)9-18-21(29)26(22(30)33-18)11-19(27)25-14-5-8-16(23)17(24)10-14/h3-10H,2,11-12H2,1H3,(H,25,27)/b18-9-. The van der Waals surface area contributed by atoms with E-state index in [1.165, 1.54) is 0 Å². The number of nitrogens with one attached hydrogen (secondary N) is 1. The predicted octanol–water partition coefficient (Wildman–Crippen LogP) is 4.72. The fourth-order valence-corrected chi connectivity index (χ4v) is 3.98. The SMILES string of the molecule is CCOC(=O)COc1ccc(/C=C2\SC(=O)N(CC(=O)Nc3ccc(Br)c(Cl)c3)C2=O)cc1. The number of imide groups is 1. The number of benzene rings is 2. The van der Waals surface area contributed by atoms with Gasteiger partial charge in [-0.1, -0.05) is 23.7 Å². The molecule has 8 nitrogen and oxygen atoms in total. The van der Waals surface area contributed by atoms with Gasteiger partial charge in [0.1, 0.15) is 12.3 Å². The molecule has 1 heterocycles. The van der Waals surface area contributed by atoms with Crippen LogP contribution in [0.2, 0.25) is 5.02 Å². The lowest BCUT2D eigenvalue weighted by molar-refractivity contribution is -0.145. The fourth-order valence-electron chi connectivity index (χ4n) is 2.71. The number of carbonyl (C=O) groups excluding carboxylic acids is 4. The summed E-state index contributed by atoms with van der Waals surface area (Å²) < 4.78 is 10.8. The Kier molecular flexibility index (Phi) is 8.54. The van der Waals surface area contributed by atoms with Gasteiger partial charge in [0.2, 0.25) is 5.91 Å². The molecule has 1 fully saturated rings. The zero-order valence-corrected chi connectivity index (χ0v) is 20.5. The number of halogens is 2. The van der Waals surface area contributed by atoms with Crippen molar-refractivity contribution in [2.45, 2.75) is 6.92 Å². The topological polar surface area (TPSA) is 102 Å². The van der Waals surface area contributed by atoms with E-state index in [4.69, 9.17) is 21.1 Å². The molecule has 11 heteroatoms. The van der Waals surface area contributed by atoms with Gasteiger partial charge in [0.25, 0.3) is 11.1 Å². The first-order valence-corrected chi connectivity index (χ1v) is 11.6. The Morgan fingerprint density at radius 1 is 1.18 bits per heavy atom. The summed E-state index contributed by atoms with van der Waals surface area (Å²) >= 11 is 10.0. The molecular weight excluding hydrogens is 536 g/mol. The average molecular weight is 554 g/mol. The second-order valence-corrected chi connectivity index (χ2v) is 8.86. The van der Waals surface area contributed by atoms with Gasteiger partial charge in [-0.2, -0.15) is 0 Å². The van der Waals surface area contributed by atoms with Crippen LogP contribution in [-0.2, 0) is 19.1 Å². The second-order valence-electron chi connectivity index (χ2n) is 6.61. The van der Waals surface area contributed by atoms with Crippen LogP contribution in [0.15, 0.2) is 51.8 Å². The van der Waals surface area contributed by atoms with Crippen molar-refractivity contribution in [2.24, 2.45) is 0 Å². The zero-order chi connectivity index (χ0) is 24.0. The fraction of sp³-hybridized carbons (Fsp3) is 0.182. The van der Waals surface area contributed by atoms with Gasteiger partial charge >= 0.3 is 5.97 Å². The monoisotopic (exact) mass is 552 g/mol. The van der Waals surface area contributed by atoms with Crippen molar-refractivity contribution in [3.05, 3.63) is 62.4 Å². The molecule has 33 heavy (non-hydrogen) atoms. The van der Waals surface area contributed by atoms with Crippen LogP contribution in [0.25, 0.3) is 6.08 Å². The van der Waals surface area contributed by atoms with E-state index in [1.54, 1.807) is 55.5 Å². The number of carbonyl (C=O) groups is 4. The summed E-state index contributed by atoms with van der Waals surface area (Å²) in [6.45, 7) is 1.35. The lowest BCUT2D eigenvalue weighted by Gasteiger charge is -2.12. The highest BCUT2D eigenvalue weighted by Crippen LogP contribution is 2.32. The first-order chi connectivity index (χ1) is 15.8. The highest BCUT2D eigenvalue weighted by Gasteiger charge is 2.36. The number of hydrogen-bond acceptors (Lipinski definition) is 7. The first-order valence-electron chi connectivity index (χ1n) is 9.65. The van der Waals surface area contributed by atoms with Gasteiger partial charge in [-0.25, -0.2) is 4.79 Å². The van der Waals surface area contributed by atoms with Crippen molar-refractivity contribution in [1.82, 2.24) is 4.90 Å². The Morgan fingerprint density at radius 3 is 2.58 bits per heavy atom. The number of ether oxygens (including phenoxy) is 2. The summed E-state index contributed by atoms with van der Waals surface area (Å²) in [7, 11) is 0. The molecule has 0 unspecified atom stereocenters. The maximum absolute atomic E-state index is 12.6. The van der Waals surface area contributed by atoms with Crippen LogP contribution in [0.3, 0.4) is 0 Å². The molecule has 1 saturated heterocycles. The number of hydrogen-bond donors (Lipinski definition) is 1. The van der Waals surface area contributed by atoms with Crippen molar-refractivity contribution in [3.8, 4) is 5.75 Å². The smallest absolute Gasteiger partial charge is 0.344 e. The number of rotatable bonds is 8. The Balaban J connectivity index is 1.60. The normalized spacial score (nSPS) is 14.5. The van der Waals surface area contributed by atoms with Gasteiger partial charge < -0.3 is 14.8 Å². The van der Waals surface area contributed by atoms with Crippen molar-refractivity contribution in [3.63, 3.8) is 0 Å². The molecule has 0 saturated carbocycles. The van der Waals surface area contributed by atoms with Crippen LogP contribution < -0.4 is 10.1 Å². The second kappa shape index (κ2) is 11.4. The molecule has 0 bridgehead atoms. The molecule has 3 rings (SSSR count). The van der Waals surface area contributed by atoms with Gasteiger partial charge in [-0.05, 0) is 76.6 Å². The van der Waals surface area contributed by atoms with Gasteiger partial charge in [0, 0.05) is 10.2 Å². The number of anilines is 1. The third-order valence-electron chi connectivity index (χ3n) is 4.22. The lowest BCUT2D eigenvalue weighted by Crippen LogP contribution is -2.36. The first kappa shape index (κ1) is 24.8. The largest absolute Gasteiger partial charge is 0.482 e. The molecule has 1 N–H and O–H groups in total. The van der Waals surface area contributed by atoms with Crippen LogP contribution in [0.1, 0.15) is 12.5 Å². The van der Waals surface area contributed by atoms with E-state index in [-0.39, 0.29) is 18.1 Å². The quantitative estimate of drug-likeness (QED) is 0.373. The molecule has 2 aromatic rings. The molecule has 0 aromatic heterocycles. The van der Waals surface area contributed by atoms with Gasteiger partial charge in [0.05, 0.1) is 16.5 Å². The summed E-state index contributed by atoms with van der Waals surface area (Å²) in [5.74, 6) is -1.10. The minimum Gasteiger partial charge on any atom is -0.482 e. The zero-order valence-electron chi connectivity index (χ0n) is 17.3. The van der Waals surface area contributed by atoms with E-state index in [0.717, 1.165) is 16.7 Å². The molecule has 0 radical (unpaired) electrons. The third-order valence-corrected chi connectivity index (χ3v) is 6.36. The number of amides is 3. The Hall–Kier alpha value is -2.82. The molecule has 0 aliphatic carbocycles. The van der Waals surface area contributed by atoms with Crippen LogP contribution in [0.4, 0.5) is 10.5 Å². The van der Waals surface area contributed by atoms with Crippen LogP contribution in [0, 0.1) is 0 Å². The minimum absolute atomic E-state index is 0.194. The summed E-state index contributed by atoms with van der Waals surface area (Å²) in [4.78, 5) is 49.7. The van der Waals surface area contributed by atoms with Crippen molar-refractivity contribution >= 4 is 74.1 Å². The van der Waals surface area contributed by atoms with Gasteiger partial charge in [0.15, 0.2) is 6.61 Å². The van der Waals surface area contributed by atoms with Crippen LogP contribution in [0.5, 0.6) is 5.75 Å². The summed E-state index contributed by atoms with van der Waals surface area (Å²) in [5.41, 5.74) is 1.10. The Labute approximate surface area is 207 Å². The molecule has 2 aromatic carbocycles. The molecule has 1 aliphatic rings. The Morgan fingerprint density at radius 2 is 1.91 bits per heavy atom. The lowest BCUT2D eigenvalue weighted by atomic mass is 10.2. The number of nitrogens with zero attached hydrogens (tertiary/aromatic N) is 1. The Bertz CT molecular complexity index is 1120. The molecular formula is C22H18BrClN2O6S. The highest BCUT2D eigenvalue weighted by atomic mass is 79.9. The van der Waals surface area contributed by atoms with E-state index < -0.39 is 29.6 Å². The third kappa shape index (κ3) is 6.83. The summed E-state index contributed by atoms with van der Waals surface area (Å²) in [6, 6.07) is 11.5. The molecule has 3 amide bonds. The molecule has 0 atom stereocenters. The molecule has 0 spiro atoms. The van der Waals surface area contributed by atoms with E-state index in [2.05, 4.69) is 21.2 Å². The number of thioether (sulfide) groups is 1. The van der Waals surface area contributed by atoms with E-state index >= 15 is 0 Å². The summed E-state index contributed by atoms with van der Waals surface area (Å²) in [6.07, 6.45) is 1.55. The van der Waals surface area contributed by atoms with E-state index in [9.17, 15) is 19.2 Å². The van der Waals surface area contributed by atoms with Gasteiger partial charge in [-0.15, -0.1) is 0 Å². The number of esters is 1. The molecule has 172 valence electrons. The molecule has 1 aliphatic heterocycles. The van der Waals surface area contributed by atoms with Crippen molar-refractivity contribution < 1.29 is 28.7 Å². The van der Waals surface area contributed by atoms with Crippen molar-refractivity contribution in [2.75, 3.05) is 25.1 Å². The van der Waals surface area contributed by atoms with E-state index in [0.29, 0.717) is 26.5 Å². The van der Waals surface area contributed by atoms with E-state index in [1.807, 2.05) is 0 Å². The predicted molar refractivity (Wildman–Crippen MR) is 129 cm³/mol. The van der Waals surface area contributed by atoms with Crippen molar-refractivity contribution in [1.29, 1.82) is 0 Å². The highest BCUT2D eigenvalue weighted by molar-refractivity contribution is 9.10. The maximum Gasteiger partial charge on any atom is 0.344 e. The summed E-state index contributed by atoms with van der Waals surface area (Å²) in [5, 5.41) is 2.49. The van der Waals surface area contributed by atoms with Gasteiger partial charge in [-0.3, -0.25) is 19.3 Å². The average Bonchev–Trinajstić information content (AvgIpc) is 3.03.